The number of carbonyl (C=O) groups excluding carboxylic acids is 1. The second-order valence-corrected chi connectivity index (χ2v) is 8.70. The van der Waals surface area contributed by atoms with Crippen molar-refractivity contribution < 1.29 is 19.4 Å². The van der Waals surface area contributed by atoms with Gasteiger partial charge in [0.15, 0.2) is 17.3 Å². The van der Waals surface area contributed by atoms with Crippen LogP contribution in [-0.4, -0.2) is 39.0 Å². The minimum absolute atomic E-state index is 0.109. The lowest BCUT2D eigenvalue weighted by Gasteiger charge is -2.16. The van der Waals surface area contributed by atoms with Crippen LogP contribution in [0.15, 0.2) is 36.4 Å². The van der Waals surface area contributed by atoms with Crippen molar-refractivity contribution in [3.8, 4) is 28.6 Å². The average molecular weight is 454 g/mol. The number of aromatic hydroxyl groups is 1. The number of aromatic amines is 1. The molecule has 2 aromatic carbocycles. The van der Waals surface area contributed by atoms with Gasteiger partial charge in [-0.1, -0.05) is 13.8 Å². The zero-order valence-corrected chi connectivity index (χ0v) is 19.2. The number of phenols is 1. The average Bonchev–Trinajstić information content (AvgIpc) is 3.43. The van der Waals surface area contributed by atoms with E-state index in [2.05, 4.69) is 10.2 Å². The number of H-pyrrole nitrogens is 1. The molecule has 1 aromatic heterocycles. The number of aromatic nitrogens is 3. The Morgan fingerprint density at radius 2 is 1.94 bits per heavy atom. The molecule has 32 heavy (non-hydrogen) atoms. The van der Waals surface area contributed by atoms with E-state index in [1.54, 1.807) is 37.4 Å². The summed E-state index contributed by atoms with van der Waals surface area (Å²) >= 11 is 5.36. The summed E-state index contributed by atoms with van der Waals surface area (Å²) < 4.78 is 13.1. The summed E-state index contributed by atoms with van der Waals surface area (Å²) in [5, 5.41) is 17.1. The van der Waals surface area contributed by atoms with Crippen LogP contribution in [-0.2, 0) is 0 Å². The van der Waals surface area contributed by atoms with Crippen LogP contribution < -0.4 is 9.47 Å². The number of phenolic OH excluding ortho intramolecular Hbond substituents is 1. The maximum absolute atomic E-state index is 13.4. The molecule has 0 unspecified atom stereocenters. The predicted octanol–water partition coefficient (Wildman–Crippen LogP) is 5.46. The molecule has 0 aliphatic heterocycles. The fraction of sp³-hybridized carbons (Fsp3) is 0.375. The van der Waals surface area contributed by atoms with Crippen LogP contribution in [0.1, 0.15) is 61.4 Å². The van der Waals surface area contributed by atoms with Crippen LogP contribution in [0.25, 0.3) is 11.4 Å². The fourth-order valence-corrected chi connectivity index (χ4v) is 4.26. The van der Waals surface area contributed by atoms with E-state index >= 15 is 0 Å². The van der Waals surface area contributed by atoms with Gasteiger partial charge in [0.1, 0.15) is 5.75 Å². The van der Waals surface area contributed by atoms with Crippen molar-refractivity contribution >= 4 is 18.1 Å². The number of nitrogens with zero attached hydrogens (tertiary/aromatic N) is 2. The van der Waals surface area contributed by atoms with Gasteiger partial charge in [-0.2, -0.15) is 5.10 Å². The quantitative estimate of drug-likeness (QED) is 0.482. The van der Waals surface area contributed by atoms with Crippen molar-refractivity contribution in [1.82, 2.24) is 14.8 Å². The van der Waals surface area contributed by atoms with E-state index in [1.165, 1.54) is 17.4 Å². The van der Waals surface area contributed by atoms with Crippen molar-refractivity contribution in [3.63, 3.8) is 0 Å². The lowest BCUT2D eigenvalue weighted by molar-refractivity contribution is 0.0959. The molecule has 1 aliphatic carbocycles. The Labute approximate surface area is 192 Å². The molecule has 168 valence electrons. The first-order chi connectivity index (χ1) is 15.4. The predicted molar refractivity (Wildman–Crippen MR) is 124 cm³/mol. The summed E-state index contributed by atoms with van der Waals surface area (Å²) in [6, 6.07) is 10.3. The molecule has 0 spiro atoms. The molecule has 0 bridgehead atoms. The monoisotopic (exact) mass is 453 g/mol. The lowest BCUT2D eigenvalue weighted by atomic mass is 9.99. The fourth-order valence-electron chi connectivity index (χ4n) is 4.05. The molecule has 0 radical (unpaired) electrons. The second kappa shape index (κ2) is 9.16. The molecule has 0 atom stereocenters. The highest BCUT2D eigenvalue weighted by Crippen LogP contribution is 2.34. The van der Waals surface area contributed by atoms with E-state index in [0.29, 0.717) is 28.5 Å². The van der Waals surface area contributed by atoms with Crippen LogP contribution in [0, 0.1) is 4.77 Å². The molecule has 1 saturated carbocycles. The molecule has 1 fully saturated rings. The third-order valence-electron chi connectivity index (χ3n) is 5.79. The van der Waals surface area contributed by atoms with Gasteiger partial charge in [0, 0.05) is 11.1 Å². The number of methoxy groups -OCH3 is 1. The normalized spacial score (nSPS) is 14.1. The highest BCUT2D eigenvalue weighted by molar-refractivity contribution is 7.71. The molecule has 7 nitrogen and oxygen atoms in total. The molecule has 8 heteroatoms. The SMILES string of the molecule is COc1cc(C(=O)n2c(-c3ccc(O)c(C(C)C)c3)n[nH]c2=S)ccc1OC1CCCC1. The van der Waals surface area contributed by atoms with Crippen molar-refractivity contribution in [1.29, 1.82) is 0 Å². The molecular weight excluding hydrogens is 426 g/mol. The smallest absolute Gasteiger partial charge is 0.266 e. The number of carbonyl (C=O) groups is 1. The van der Waals surface area contributed by atoms with E-state index in [0.717, 1.165) is 18.4 Å². The highest BCUT2D eigenvalue weighted by atomic mass is 32.1. The molecule has 1 aliphatic rings. The first-order valence-corrected chi connectivity index (χ1v) is 11.2. The number of ether oxygens (including phenoxy) is 2. The van der Waals surface area contributed by atoms with Crippen molar-refractivity contribution in [3.05, 3.63) is 52.3 Å². The summed E-state index contributed by atoms with van der Waals surface area (Å²) in [5.74, 6) is 1.50. The molecule has 0 amide bonds. The maximum atomic E-state index is 13.4. The van der Waals surface area contributed by atoms with Crippen molar-refractivity contribution in [2.75, 3.05) is 7.11 Å². The number of benzene rings is 2. The first-order valence-electron chi connectivity index (χ1n) is 10.8. The summed E-state index contributed by atoms with van der Waals surface area (Å²) in [6.45, 7) is 3.98. The third kappa shape index (κ3) is 4.27. The Balaban J connectivity index is 1.69. The zero-order chi connectivity index (χ0) is 22.8. The Morgan fingerprint density at radius 1 is 1.19 bits per heavy atom. The minimum Gasteiger partial charge on any atom is -0.508 e. The van der Waals surface area contributed by atoms with Gasteiger partial charge in [0.05, 0.1) is 13.2 Å². The second-order valence-electron chi connectivity index (χ2n) is 8.31. The standard InChI is InChI=1S/C24H27N3O4S/c1-14(2)18-12-15(8-10-19(18)28)22-25-26-24(32)27(22)23(29)16-9-11-20(21(13-16)30-3)31-17-6-4-5-7-17/h8-14,17,28H,4-7H2,1-3H3,(H,26,32). The van der Waals surface area contributed by atoms with Crippen LogP contribution in [0.5, 0.6) is 17.2 Å². The van der Waals surface area contributed by atoms with Crippen molar-refractivity contribution in [2.45, 2.75) is 51.6 Å². The van der Waals surface area contributed by atoms with Crippen LogP contribution in [0.2, 0.25) is 0 Å². The van der Waals surface area contributed by atoms with Gasteiger partial charge in [-0.05, 0) is 85.8 Å². The van der Waals surface area contributed by atoms with Gasteiger partial charge in [-0.15, -0.1) is 0 Å². The summed E-state index contributed by atoms with van der Waals surface area (Å²) in [5.41, 5.74) is 1.85. The Morgan fingerprint density at radius 3 is 2.62 bits per heavy atom. The first kappa shape index (κ1) is 22.1. The lowest BCUT2D eigenvalue weighted by Crippen LogP contribution is -2.15. The van der Waals surface area contributed by atoms with E-state index in [9.17, 15) is 9.90 Å². The molecule has 3 aromatic rings. The van der Waals surface area contributed by atoms with E-state index in [4.69, 9.17) is 21.7 Å². The van der Waals surface area contributed by atoms with Gasteiger partial charge < -0.3 is 14.6 Å². The number of rotatable bonds is 6. The highest BCUT2D eigenvalue weighted by Gasteiger charge is 2.22. The van der Waals surface area contributed by atoms with Crippen molar-refractivity contribution in [2.24, 2.45) is 0 Å². The third-order valence-corrected chi connectivity index (χ3v) is 6.06. The van der Waals surface area contributed by atoms with E-state index < -0.39 is 0 Å². The molecule has 1 heterocycles. The zero-order valence-electron chi connectivity index (χ0n) is 18.4. The summed E-state index contributed by atoms with van der Waals surface area (Å²) in [4.78, 5) is 13.4. The Bertz CT molecular complexity index is 1190. The number of hydrogen-bond acceptors (Lipinski definition) is 6. The number of nitrogens with one attached hydrogen (secondary N) is 1. The molecular formula is C24H27N3O4S. The molecule has 0 saturated heterocycles. The topological polar surface area (TPSA) is 89.4 Å². The van der Waals surface area contributed by atoms with E-state index in [-0.39, 0.29) is 28.4 Å². The molecule has 2 N–H and O–H groups in total. The Hall–Kier alpha value is -3.13. The summed E-state index contributed by atoms with van der Waals surface area (Å²) in [7, 11) is 1.56. The maximum Gasteiger partial charge on any atom is 0.266 e. The van der Waals surface area contributed by atoms with Gasteiger partial charge in [0.2, 0.25) is 4.77 Å². The van der Waals surface area contributed by atoms with Crippen LogP contribution in [0.3, 0.4) is 0 Å². The molecule has 4 rings (SSSR count). The van der Waals surface area contributed by atoms with Gasteiger partial charge in [-0.25, -0.2) is 4.57 Å². The van der Waals surface area contributed by atoms with Gasteiger partial charge in [0.25, 0.3) is 5.91 Å². The van der Waals surface area contributed by atoms with E-state index in [1.807, 2.05) is 19.9 Å². The minimum atomic E-state index is -0.330. The van der Waals surface area contributed by atoms with Crippen LogP contribution >= 0.6 is 12.2 Å². The Kier molecular flexibility index (Phi) is 6.32. The van der Waals surface area contributed by atoms with Crippen LogP contribution in [0.4, 0.5) is 0 Å². The van der Waals surface area contributed by atoms with Gasteiger partial charge in [-0.3, -0.25) is 9.89 Å². The summed E-state index contributed by atoms with van der Waals surface area (Å²) in [6.07, 6.45) is 4.58. The van der Waals surface area contributed by atoms with Gasteiger partial charge >= 0.3 is 0 Å². The largest absolute Gasteiger partial charge is 0.508 e. The number of hydrogen-bond donors (Lipinski definition) is 2.